The number of hydrogen-bond donors (Lipinski definition) is 2. The van der Waals surface area contributed by atoms with Gasteiger partial charge in [0.1, 0.15) is 0 Å². The van der Waals surface area contributed by atoms with Crippen molar-refractivity contribution in [2.45, 2.75) is 38.5 Å². The van der Waals surface area contributed by atoms with Gasteiger partial charge < -0.3 is 15.2 Å². The van der Waals surface area contributed by atoms with Gasteiger partial charge in [0.2, 0.25) is 5.91 Å². The molecule has 0 saturated carbocycles. The lowest BCUT2D eigenvalue weighted by atomic mass is 10.0. The zero-order valence-electron chi connectivity index (χ0n) is 20.9. The molecule has 0 aliphatic rings. The Bertz CT molecular complexity index is 1420. The van der Waals surface area contributed by atoms with Crippen molar-refractivity contribution in [2.24, 2.45) is 5.92 Å². The smallest absolute Gasteiger partial charge is 0.253 e. The van der Waals surface area contributed by atoms with Gasteiger partial charge in [0.05, 0.1) is 28.1 Å². The number of halogens is 2. The number of nitrogens with one attached hydrogen (secondary N) is 2. The molecule has 0 aliphatic carbocycles. The Hall–Kier alpha value is -2.92. The molecule has 2 aromatic heterocycles. The molecule has 0 spiro atoms. The molecule has 4 aromatic rings. The second-order valence-electron chi connectivity index (χ2n) is 8.65. The molecule has 0 bridgehead atoms. The number of benzene rings is 2. The maximum atomic E-state index is 13.0. The van der Waals surface area contributed by atoms with Crippen molar-refractivity contribution in [2.75, 3.05) is 11.1 Å². The van der Waals surface area contributed by atoms with Crippen LogP contribution in [-0.4, -0.2) is 37.3 Å². The Morgan fingerprint density at radius 2 is 1.87 bits per heavy atom. The standard InChI is InChI=1S/C26H26Cl2N6O2S2/c1-4-34-23(22(15(2)3)31-24(36)18-11-10-17(27)12-19(18)28)32-33-26(34)38-14-21(35)30-25-29-20(13-37-25)16-8-6-5-7-9-16/h5-13,15,22H,4,14H2,1-3H3,(H,31,36)(H,29,30,35). The fourth-order valence-electron chi connectivity index (χ4n) is 3.71. The highest BCUT2D eigenvalue weighted by Gasteiger charge is 2.27. The Morgan fingerprint density at radius 3 is 2.55 bits per heavy atom. The minimum Gasteiger partial charge on any atom is -0.342 e. The van der Waals surface area contributed by atoms with E-state index in [-0.39, 0.29) is 28.5 Å². The highest BCUT2D eigenvalue weighted by molar-refractivity contribution is 7.99. The first-order valence-electron chi connectivity index (χ1n) is 11.9. The Labute approximate surface area is 239 Å². The molecule has 38 heavy (non-hydrogen) atoms. The number of nitrogens with zero attached hydrogens (tertiary/aromatic N) is 4. The van der Waals surface area contributed by atoms with Gasteiger partial charge in [0, 0.05) is 22.5 Å². The third kappa shape index (κ3) is 6.74. The Balaban J connectivity index is 1.42. The zero-order chi connectivity index (χ0) is 27.2. The number of thioether (sulfide) groups is 1. The summed E-state index contributed by atoms with van der Waals surface area (Å²) in [6.45, 7) is 6.51. The summed E-state index contributed by atoms with van der Waals surface area (Å²) < 4.78 is 1.91. The molecule has 2 N–H and O–H groups in total. The van der Waals surface area contributed by atoms with Crippen LogP contribution in [0.15, 0.2) is 59.1 Å². The van der Waals surface area contributed by atoms with Crippen molar-refractivity contribution in [3.05, 3.63) is 75.3 Å². The number of rotatable bonds is 10. The van der Waals surface area contributed by atoms with Crippen LogP contribution in [-0.2, 0) is 11.3 Å². The van der Waals surface area contributed by atoms with Crippen molar-refractivity contribution < 1.29 is 9.59 Å². The van der Waals surface area contributed by atoms with Crippen LogP contribution in [0.4, 0.5) is 5.13 Å². The molecular weight excluding hydrogens is 563 g/mol. The molecule has 0 saturated heterocycles. The zero-order valence-corrected chi connectivity index (χ0v) is 24.1. The van der Waals surface area contributed by atoms with Gasteiger partial charge in [-0.05, 0) is 31.0 Å². The first kappa shape index (κ1) is 28.1. The molecule has 8 nitrogen and oxygen atoms in total. The van der Waals surface area contributed by atoms with Crippen molar-refractivity contribution in [3.8, 4) is 11.3 Å². The van der Waals surface area contributed by atoms with Gasteiger partial charge in [0.25, 0.3) is 5.91 Å². The molecule has 1 unspecified atom stereocenters. The van der Waals surface area contributed by atoms with E-state index in [4.69, 9.17) is 23.2 Å². The molecule has 0 radical (unpaired) electrons. The number of thiazole rings is 1. The van der Waals surface area contributed by atoms with E-state index in [1.165, 1.54) is 29.2 Å². The quantitative estimate of drug-likeness (QED) is 0.203. The molecule has 2 amide bonds. The molecular formula is C26H26Cl2N6O2S2. The lowest BCUT2D eigenvalue weighted by Crippen LogP contribution is -2.34. The lowest BCUT2D eigenvalue weighted by Gasteiger charge is -2.22. The summed E-state index contributed by atoms with van der Waals surface area (Å²) in [5, 5.41) is 18.3. The predicted octanol–water partition coefficient (Wildman–Crippen LogP) is 6.59. The highest BCUT2D eigenvalue weighted by Crippen LogP contribution is 2.28. The third-order valence-corrected chi connectivity index (χ3v) is 7.89. The fourth-order valence-corrected chi connectivity index (χ4v) is 5.75. The van der Waals surface area contributed by atoms with Crippen molar-refractivity contribution >= 4 is 63.2 Å². The van der Waals surface area contributed by atoms with E-state index in [1.54, 1.807) is 12.1 Å². The second kappa shape index (κ2) is 12.8. The summed E-state index contributed by atoms with van der Waals surface area (Å²) in [4.78, 5) is 30.1. The summed E-state index contributed by atoms with van der Waals surface area (Å²) in [6.07, 6.45) is 0. The largest absolute Gasteiger partial charge is 0.342 e. The van der Waals surface area contributed by atoms with E-state index < -0.39 is 6.04 Å². The molecule has 2 aromatic carbocycles. The summed E-state index contributed by atoms with van der Waals surface area (Å²) in [7, 11) is 0. The van der Waals surface area contributed by atoms with Crippen LogP contribution >= 0.6 is 46.3 Å². The average molecular weight is 590 g/mol. The van der Waals surface area contributed by atoms with Gasteiger partial charge in [-0.25, -0.2) is 4.98 Å². The Kier molecular flexibility index (Phi) is 9.43. The topological polar surface area (TPSA) is 102 Å². The monoisotopic (exact) mass is 588 g/mol. The normalized spacial score (nSPS) is 11.9. The maximum Gasteiger partial charge on any atom is 0.253 e. The number of anilines is 1. The summed E-state index contributed by atoms with van der Waals surface area (Å²) >= 11 is 14.9. The van der Waals surface area contributed by atoms with Crippen molar-refractivity contribution in [3.63, 3.8) is 0 Å². The van der Waals surface area contributed by atoms with Crippen LogP contribution in [0.3, 0.4) is 0 Å². The minimum absolute atomic E-state index is 0.0180. The van der Waals surface area contributed by atoms with E-state index in [2.05, 4.69) is 25.8 Å². The predicted molar refractivity (Wildman–Crippen MR) is 154 cm³/mol. The Morgan fingerprint density at radius 1 is 1.11 bits per heavy atom. The van der Waals surface area contributed by atoms with Crippen LogP contribution in [0.5, 0.6) is 0 Å². The van der Waals surface area contributed by atoms with Gasteiger partial charge >= 0.3 is 0 Å². The number of amides is 2. The van der Waals surface area contributed by atoms with Crippen molar-refractivity contribution in [1.29, 1.82) is 0 Å². The van der Waals surface area contributed by atoms with Gasteiger partial charge in [-0.15, -0.1) is 21.5 Å². The van der Waals surface area contributed by atoms with Gasteiger partial charge in [-0.2, -0.15) is 0 Å². The van der Waals surface area contributed by atoms with E-state index >= 15 is 0 Å². The first-order valence-corrected chi connectivity index (χ1v) is 14.5. The number of hydrogen-bond acceptors (Lipinski definition) is 7. The van der Waals surface area contributed by atoms with Gasteiger partial charge in [0.15, 0.2) is 16.1 Å². The molecule has 1 atom stereocenters. The molecule has 12 heteroatoms. The van der Waals surface area contributed by atoms with Crippen LogP contribution in [0.25, 0.3) is 11.3 Å². The highest BCUT2D eigenvalue weighted by atomic mass is 35.5. The maximum absolute atomic E-state index is 13.0. The number of aromatic nitrogens is 4. The summed E-state index contributed by atoms with van der Waals surface area (Å²) in [5.74, 6) is 0.239. The van der Waals surface area contributed by atoms with Gasteiger partial charge in [-0.1, -0.05) is 79.1 Å². The average Bonchev–Trinajstić information content (AvgIpc) is 3.53. The molecule has 0 aliphatic heterocycles. The van der Waals surface area contributed by atoms with E-state index in [0.29, 0.717) is 33.2 Å². The fraction of sp³-hybridized carbons (Fsp3) is 0.269. The third-order valence-electron chi connectivity index (χ3n) is 5.62. The number of carbonyl (C=O) groups excluding carboxylic acids is 2. The van der Waals surface area contributed by atoms with E-state index in [9.17, 15) is 9.59 Å². The SMILES string of the molecule is CCn1c(SCC(=O)Nc2nc(-c3ccccc3)cs2)nnc1C(NC(=O)c1ccc(Cl)cc1Cl)C(C)C. The summed E-state index contributed by atoms with van der Waals surface area (Å²) in [6, 6.07) is 14.1. The lowest BCUT2D eigenvalue weighted by molar-refractivity contribution is -0.113. The van der Waals surface area contributed by atoms with Crippen LogP contribution in [0, 0.1) is 5.92 Å². The van der Waals surface area contributed by atoms with Crippen LogP contribution < -0.4 is 10.6 Å². The number of carbonyl (C=O) groups is 2. The van der Waals surface area contributed by atoms with Crippen LogP contribution in [0.1, 0.15) is 43.0 Å². The van der Waals surface area contributed by atoms with Gasteiger partial charge in [-0.3, -0.25) is 9.59 Å². The van der Waals surface area contributed by atoms with Crippen molar-refractivity contribution in [1.82, 2.24) is 25.1 Å². The minimum atomic E-state index is -0.420. The molecule has 0 fully saturated rings. The molecule has 2 heterocycles. The molecule has 198 valence electrons. The summed E-state index contributed by atoms with van der Waals surface area (Å²) in [5.41, 5.74) is 2.14. The molecule has 4 rings (SSSR count). The second-order valence-corrected chi connectivity index (χ2v) is 11.3. The van der Waals surface area contributed by atoms with E-state index in [0.717, 1.165) is 11.3 Å². The van der Waals surface area contributed by atoms with Crippen LogP contribution in [0.2, 0.25) is 10.0 Å². The van der Waals surface area contributed by atoms with E-state index in [1.807, 2.05) is 61.1 Å². The first-order chi connectivity index (χ1) is 18.3.